The second kappa shape index (κ2) is 5.63. The standard InChI is InChI=1S/C12H15Br2NO/c13-10-4-3-9(5-11(10)14)12(7-16)15-6-8-1-2-8/h3-5,8,12,15-16H,1-2,6-7H2. The van der Waals surface area contributed by atoms with Gasteiger partial charge in [0.05, 0.1) is 12.6 Å². The van der Waals surface area contributed by atoms with Crippen LogP contribution in [-0.4, -0.2) is 18.3 Å². The fraction of sp³-hybridized carbons (Fsp3) is 0.500. The lowest BCUT2D eigenvalue weighted by atomic mass is 10.1. The molecule has 2 rings (SSSR count). The van der Waals surface area contributed by atoms with E-state index in [0.29, 0.717) is 0 Å². The van der Waals surface area contributed by atoms with Gasteiger partial charge in [-0.25, -0.2) is 0 Å². The first-order valence-electron chi connectivity index (χ1n) is 5.50. The fourth-order valence-corrected chi connectivity index (χ4v) is 2.29. The van der Waals surface area contributed by atoms with Crippen molar-refractivity contribution in [3.05, 3.63) is 32.7 Å². The normalized spacial score (nSPS) is 17.4. The number of halogens is 2. The van der Waals surface area contributed by atoms with Crippen LogP contribution in [0.15, 0.2) is 27.1 Å². The highest BCUT2D eigenvalue weighted by molar-refractivity contribution is 9.13. The molecule has 0 amide bonds. The van der Waals surface area contributed by atoms with Gasteiger partial charge in [-0.2, -0.15) is 0 Å². The molecule has 1 aliphatic rings. The molecule has 2 N–H and O–H groups in total. The first kappa shape index (κ1) is 12.6. The molecule has 1 atom stereocenters. The number of hydrogen-bond donors (Lipinski definition) is 2. The molecule has 2 nitrogen and oxygen atoms in total. The van der Waals surface area contributed by atoms with Gasteiger partial charge in [-0.1, -0.05) is 6.07 Å². The number of nitrogens with one attached hydrogen (secondary N) is 1. The molecular formula is C12H15Br2NO. The van der Waals surface area contributed by atoms with Crippen LogP contribution in [0.25, 0.3) is 0 Å². The molecule has 1 aromatic carbocycles. The van der Waals surface area contributed by atoms with Gasteiger partial charge >= 0.3 is 0 Å². The third kappa shape index (κ3) is 3.29. The van der Waals surface area contributed by atoms with Crippen molar-refractivity contribution in [1.29, 1.82) is 0 Å². The molecule has 88 valence electrons. The zero-order valence-corrected chi connectivity index (χ0v) is 12.1. The number of benzene rings is 1. The molecule has 1 aromatic rings. The summed E-state index contributed by atoms with van der Waals surface area (Å²) in [6.45, 7) is 1.15. The minimum atomic E-state index is 0.0463. The first-order valence-corrected chi connectivity index (χ1v) is 7.08. The summed E-state index contributed by atoms with van der Waals surface area (Å²) < 4.78 is 2.06. The number of aliphatic hydroxyl groups is 1. The van der Waals surface area contributed by atoms with Crippen LogP contribution in [0.1, 0.15) is 24.4 Å². The maximum atomic E-state index is 9.38. The van der Waals surface area contributed by atoms with Crippen molar-refractivity contribution in [3.8, 4) is 0 Å². The van der Waals surface area contributed by atoms with E-state index in [0.717, 1.165) is 27.0 Å². The van der Waals surface area contributed by atoms with E-state index in [9.17, 15) is 5.11 Å². The monoisotopic (exact) mass is 347 g/mol. The molecule has 0 heterocycles. The van der Waals surface area contributed by atoms with E-state index in [1.165, 1.54) is 12.8 Å². The third-order valence-electron chi connectivity index (χ3n) is 2.88. The van der Waals surface area contributed by atoms with Crippen molar-refractivity contribution in [2.45, 2.75) is 18.9 Å². The molecular weight excluding hydrogens is 334 g/mol. The predicted molar refractivity (Wildman–Crippen MR) is 72.4 cm³/mol. The van der Waals surface area contributed by atoms with Crippen molar-refractivity contribution in [3.63, 3.8) is 0 Å². The predicted octanol–water partition coefficient (Wildman–Crippen LogP) is 3.24. The molecule has 0 radical (unpaired) electrons. The Kier molecular flexibility index (Phi) is 4.41. The van der Waals surface area contributed by atoms with E-state index in [-0.39, 0.29) is 12.6 Å². The minimum Gasteiger partial charge on any atom is -0.394 e. The van der Waals surface area contributed by atoms with E-state index in [1.54, 1.807) is 0 Å². The highest BCUT2D eigenvalue weighted by Crippen LogP contribution is 2.30. The van der Waals surface area contributed by atoms with Crippen molar-refractivity contribution in [1.82, 2.24) is 5.32 Å². The van der Waals surface area contributed by atoms with Gasteiger partial charge in [0, 0.05) is 8.95 Å². The zero-order chi connectivity index (χ0) is 11.5. The fourth-order valence-electron chi connectivity index (χ4n) is 1.65. The van der Waals surface area contributed by atoms with Crippen LogP contribution in [0.4, 0.5) is 0 Å². The van der Waals surface area contributed by atoms with Crippen LogP contribution in [0, 0.1) is 5.92 Å². The van der Waals surface area contributed by atoms with Gasteiger partial charge in [0.15, 0.2) is 0 Å². The molecule has 1 aliphatic carbocycles. The van der Waals surface area contributed by atoms with Crippen LogP contribution in [0.5, 0.6) is 0 Å². The van der Waals surface area contributed by atoms with E-state index in [1.807, 2.05) is 18.2 Å². The van der Waals surface area contributed by atoms with Crippen LogP contribution < -0.4 is 5.32 Å². The van der Waals surface area contributed by atoms with Gasteiger partial charge in [-0.3, -0.25) is 0 Å². The third-order valence-corrected chi connectivity index (χ3v) is 4.76. The second-order valence-electron chi connectivity index (χ2n) is 4.26. The zero-order valence-electron chi connectivity index (χ0n) is 8.92. The summed E-state index contributed by atoms with van der Waals surface area (Å²) >= 11 is 6.92. The van der Waals surface area contributed by atoms with Crippen molar-refractivity contribution < 1.29 is 5.11 Å². The van der Waals surface area contributed by atoms with Gasteiger partial charge < -0.3 is 10.4 Å². The number of aliphatic hydroxyl groups excluding tert-OH is 1. The van der Waals surface area contributed by atoms with Crippen molar-refractivity contribution in [2.75, 3.05) is 13.2 Å². The molecule has 0 aliphatic heterocycles. The van der Waals surface area contributed by atoms with E-state index >= 15 is 0 Å². The molecule has 1 saturated carbocycles. The van der Waals surface area contributed by atoms with Gasteiger partial charge in [0.25, 0.3) is 0 Å². The SMILES string of the molecule is OCC(NCC1CC1)c1ccc(Br)c(Br)c1. The highest BCUT2D eigenvalue weighted by Gasteiger charge is 2.22. The van der Waals surface area contributed by atoms with Crippen LogP contribution in [-0.2, 0) is 0 Å². The molecule has 0 aromatic heterocycles. The number of rotatable bonds is 5. The maximum absolute atomic E-state index is 9.38. The Morgan fingerprint density at radius 3 is 2.62 bits per heavy atom. The van der Waals surface area contributed by atoms with Crippen LogP contribution in [0.3, 0.4) is 0 Å². The molecule has 4 heteroatoms. The largest absolute Gasteiger partial charge is 0.394 e. The summed E-state index contributed by atoms with van der Waals surface area (Å²) in [6.07, 6.45) is 2.66. The highest BCUT2D eigenvalue weighted by atomic mass is 79.9. The van der Waals surface area contributed by atoms with E-state index in [2.05, 4.69) is 37.2 Å². The average molecular weight is 349 g/mol. The Hall–Kier alpha value is 0.1000. The number of hydrogen-bond acceptors (Lipinski definition) is 2. The van der Waals surface area contributed by atoms with Crippen molar-refractivity contribution in [2.24, 2.45) is 5.92 Å². The summed E-state index contributed by atoms with van der Waals surface area (Å²) in [6, 6.07) is 6.13. The second-order valence-corrected chi connectivity index (χ2v) is 5.97. The summed E-state index contributed by atoms with van der Waals surface area (Å²) in [5.74, 6) is 0.827. The lowest BCUT2D eigenvalue weighted by Crippen LogP contribution is -2.26. The molecule has 0 bridgehead atoms. The van der Waals surface area contributed by atoms with Crippen LogP contribution in [0.2, 0.25) is 0 Å². The molecule has 0 spiro atoms. The van der Waals surface area contributed by atoms with Crippen molar-refractivity contribution >= 4 is 31.9 Å². The lowest BCUT2D eigenvalue weighted by Gasteiger charge is -2.17. The Labute approximate surface area is 113 Å². The minimum absolute atomic E-state index is 0.0463. The molecule has 1 unspecified atom stereocenters. The quantitative estimate of drug-likeness (QED) is 0.856. The summed E-state index contributed by atoms with van der Waals surface area (Å²) in [5.41, 5.74) is 1.12. The first-order chi connectivity index (χ1) is 7.70. The average Bonchev–Trinajstić information content (AvgIpc) is 3.08. The Morgan fingerprint density at radius 2 is 2.06 bits per heavy atom. The van der Waals surface area contributed by atoms with Crippen LogP contribution >= 0.6 is 31.9 Å². The van der Waals surface area contributed by atoms with Gasteiger partial charge in [-0.05, 0) is 74.9 Å². The summed E-state index contributed by atoms with van der Waals surface area (Å²) in [7, 11) is 0. The Bertz CT molecular complexity index is 366. The molecule has 1 fully saturated rings. The topological polar surface area (TPSA) is 32.3 Å². The smallest absolute Gasteiger partial charge is 0.0626 e. The lowest BCUT2D eigenvalue weighted by molar-refractivity contribution is 0.243. The van der Waals surface area contributed by atoms with Gasteiger partial charge in [0.1, 0.15) is 0 Å². The summed E-state index contributed by atoms with van der Waals surface area (Å²) in [5, 5.41) is 12.8. The summed E-state index contributed by atoms with van der Waals surface area (Å²) in [4.78, 5) is 0. The van der Waals surface area contributed by atoms with E-state index < -0.39 is 0 Å². The maximum Gasteiger partial charge on any atom is 0.0626 e. The molecule has 0 saturated heterocycles. The Morgan fingerprint density at radius 1 is 1.31 bits per heavy atom. The van der Waals surface area contributed by atoms with Gasteiger partial charge in [-0.15, -0.1) is 0 Å². The van der Waals surface area contributed by atoms with E-state index in [4.69, 9.17) is 0 Å². The van der Waals surface area contributed by atoms with Gasteiger partial charge in [0.2, 0.25) is 0 Å². The molecule has 16 heavy (non-hydrogen) atoms. The Balaban J connectivity index is 2.02.